The SMILES string of the molecule is O=C(NC1CCSc2ccc(Cl)cc21)c1ccc(N2CCOCC2)nc1. The van der Waals surface area contributed by atoms with Crippen LogP contribution in [0.2, 0.25) is 5.02 Å². The first kappa shape index (κ1) is 17.6. The van der Waals surface area contributed by atoms with Crippen LogP contribution < -0.4 is 10.2 Å². The number of amides is 1. The summed E-state index contributed by atoms with van der Waals surface area (Å²) in [6.07, 6.45) is 2.54. The van der Waals surface area contributed by atoms with Gasteiger partial charge in [0.15, 0.2) is 0 Å². The quantitative estimate of drug-likeness (QED) is 0.870. The van der Waals surface area contributed by atoms with E-state index in [4.69, 9.17) is 16.3 Å². The lowest BCUT2D eigenvalue weighted by molar-refractivity contribution is 0.0934. The molecule has 4 rings (SSSR count). The Morgan fingerprint density at radius 3 is 2.88 bits per heavy atom. The van der Waals surface area contributed by atoms with Crippen molar-refractivity contribution in [3.63, 3.8) is 0 Å². The molecule has 1 saturated heterocycles. The fourth-order valence-electron chi connectivity index (χ4n) is 3.26. The molecule has 5 nitrogen and oxygen atoms in total. The van der Waals surface area contributed by atoms with E-state index in [2.05, 4.69) is 15.2 Å². The first-order chi connectivity index (χ1) is 12.7. The molecule has 136 valence electrons. The maximum Gasteiger partial charge on any atom is 0.253 e. The molecule has 26 heavy (non-hydrogen) atoms. The van der Waals surface area contributed by atoms with E-state index in [-0.39, 0.29) is 11.9 Å². The van der Waals surface area contributed by atoms with E-state index in [0.717, 1.165) is 36.6 Å². The number of aromatic nitrogens is 1. The lowest BCUT2D eigenvalue weighted by atomic mass is 10.0. The standard InChI is InChI=1S/C19H20ClN3O2S/c20-14-2-3-17-15(11-14)16(5-10-26-17)22-19(24)13-1-4-18(21-12-13)23-6-8-25-9-7-23/h1-4,11-12,16H,5-10H2,(H,22,24). The smallest absolute Gasteiger partial charge is 0.253 e. The zero-order valence-electron chi connectivity index (χ0n) is 14.3. The highest BCUT2D eigenvalue weighted by atomic mass is 35.5. The Bertz CT molecular complexity index is 794. The average molecular weight is 390 g/mol. The first-order valence-electron chi connectivity index (χ1n) is 8.72. The van der Waals surface area contributed by atoms with E-state index in [9.17, 15) is 4.79 Å². The lowest BCUT2D eigenvalue weighted by Crippen LogP contribution is -2.36. The number of halogens is 1. The molecule has 1 fully saturated rings. The Labute approximate surface area is 162 Å². The van der Waals surface area contributed by atoms with Crippen molar-refractivity contribution in [2.45, 2.75) is 17.4 Å². The Morgan fingerprint density at radius 2 is 2.12 bits per heavy atom. The fourth-order valence-corrected chi connectivity index (χ4v) is 4.54. The molecule has 0 bridgehead atoms. The molecular formula is C19H20ClN3O2S. The number of thioether (sulfide) groups is 1. The Balaban J connectivity index is 1.46. The number of rotatable bonds is 3. The number of ether oxygens (including phenoxy) is 1. The summed E-state index contributed by atoms with van der Waals surface area (Å²) < 4.78 is 5.36. The van der Waals surface area contributed by atoms with Crippen LogP contribution in [0.3, 0.4) is 0 Å². The number of hydrogen-bond acceptors (Lipinski definition) is 5. The van der Waals surface area contributed by atoms with Gasteiger partial charge in [0.2, 0.25) is 0 Å². The van der Waals surface area contributed by atoms with Gasteiger partial charge >= 0.3 is 0 Å². The third-order valence-electron chi connectivity index (χ3n) is 4.66. The van der Waals surface area contributed by atoms with E-state index >= 15 is 0 Å². The van der Waals surface area contributed by atoms with Crippen LogP contribution in [-0.4, -0.2) is 42.9 Å². The molecule has 1 aromatic heterocycles. The predicted molar refractivity (Wildman–Crippen MR) is 104 cm³/mol. The van der Waals surface area contributed by atoms with Crippen LogP contribution in [0, 0.1) is 0 Å². The minimum absolute atomic E-state index is 0.0173. The van der Waals surface area contributed by atoms with Crippen LogP contribution in [0.15, 0.2) is 41.4 Å². The Hall–Kier alpha value is -1.76. The molecule has 0 spiro atoms. The average Bonchev–Trinajstić information content (AvgIpc) is 2.69. The second-order valence-electron chi connectivity index (χ2n) is 6.35. The van der Waals surface area contributed by atoms with Crippen LogP contribution in [-0.2, 0) is 4.74 Å². The zero-order valence-corrected chi connectivity index (χ0v) is 15.9. The summed E-state index contributed by atoms with van der Waals surface area (Å²) >= 11 is 7.95. The van der Waals surface area contributed by atoms with Gasteiger partial charge < -0.3 is 15.0 Å². The van der Waals surface area contributed by atoms with Gasteiger partial charge in [-0.05, 0) is 42.3 Å². The van der Waals surface area contributed by atoms with Crippen molar-refractivity contribution in [3.8, 4) is 0 Å². The molecule has 3 heterocycles. The van der Waals surface area contributed by atoms with E-state index in [1.54, 1.807) is 18.0 Å². The fraction of sp³-hybridized carbons (Fsp3) is 0.368. The second-order valence-corrected chi connectivity index (χ2v) is 7.92. The summed E-state index contributed by atoms with van der Waals surface area (Å²) in [6.45, 7) is 3.09. The van der Waals surface area contributed by atoms with E-state index in [1.807, 2.05) is 30.3 Å². The summed E-state index contributed by atoms with van der Waals surface area (Å²) in [7, 11) is 0. The van der Waals surface area contributed by atoms with Gasteiger partial charge in [-0.1, -0.05) is 11.6 Å². The Morgan fingerprint density at radius 1 is 1.27 bits per heavy atom. The lowest BCUT2D eigenvalue weighted by Gasteiger charge is -2.28. The number of nitrogens with one attached hydrogen (secondary N) is 1. The van der Waals surface area contributed by atoms with Gasteiger partial charge in [0.25, 0.3) is 5.91 Å². The number of nitrogens with zero attached hydrogens (tertiary/aromatic N) is 2. The summed E-state index contributed by atoms with van der Waals surface area (Å²) in [5.74, 6) is 1.76. The molecule has 0 radical (unpaired) electrons. The van der Waals surface area contributed by atoms with Gasteiger partial charge in [0.05, 0.1) is 24.8 Å². The molecule has 2 aromatic rings. The van der Waals surface area contributed by atoms with Crippen molar-refractivity contribution < 1.29 is 9.53 Å². The maximum atomic E-state index is 12.7. The van der Waals surface area contributed by atoms with Crippen LogP contribution in [0.5, 0.6) is 0 Å². The maximum absolute atomic E-state index is 12.7. The van der Waals surface area contributed by atoms with Crippen molar-refractivity contribution >= 4 is 35.1 Å². The monoisotopic (exact) mass is 389 g/mol. The highest BCUT2D eigenvalue weighted by molar-refractivity contribution is 7.99. The highest BCUT2D eigenvalue weighted by Gasteiger charge is 2.23. The molecule has 2 aliphatic heterocycles. The van der Waals surface area contributed by atoms with E-state index < -0.39 is 0 Å². The molecule has 1 unspecified atom stereocenters. The molecule has 0 aliphatic carbocycles. The first-order valence-corrected chi connectivity index (χ1v) is 10.1. The van der Waals surface area contributed by atoms with Gasteiger partial charge in [-0.3, -0.25) is 4.79 Å². The van der Waals surface area contributed by atoms with Crippen molar-refractivity contribution in [2.24, 2.45) is 0 Å². The normalized spacial score (nSPS) is 19.7. The minimum Gasteiger partial charge on any atom is -0.378 e. The summed E-state index contributed by atoms with van der Waals surface area (Å²) in [4.78, 5) is 20.5. The number of hydrogen-bond donors (Lipinski definition) is 1. The molecule has 7 heteroatoms. The zero-order chi connectivity index (χ0) is 17.9. The molecule has 1 aromatic carbocycles. The molecule has 2 aliphatic rings. The summed E-state index contributed by atoms with van der Waals surface area (Å²) in [5, 5.41) is 3.83. The third kappa shape index (κ3) is 3.82. The number of anilines is 1. The van der Waals surface area contributed by atoms with Crippen molar-refractivity contribution in [2.75, 3.05) is 37.0 Å². The number of benzene rings is 1. The molecule has 1 amide bonds. The van der Waals surface area contributed by atoms with Crippen molar-refractivity contribution in [1.29, 1.82) is 0 Å². The molecule has 0 saturated carbocycles. The second kappa shape index (κ2) is 7.86. The topological polar surface area (TPSA) is 54.5 Å². The van der Waals surface area contributed by atoms with Crippen LogP contribution in [0.1, 0.15) is 28.4 Å². The van der Waals surface area contributed by atoms with Gasteiger partial charge in [-0.2, -0.15) is 0 Å². The number of morpholine rings is 1. The van der Waals surface area contributed by atoms with Gasteiger partial charge in [0, 0.05) is 35.0 Å². The van der Waals surface area contributed by atoms with Crippen LogP contribution in [0.4, 0.5) is 5.82 Å². The van der Waals surface area contributed by atoms with E-state index in [1.165, 1.54) is 4.90 Å². The molecular weight excluding hydrogens is 370 g/mol. The molecule has 1 N–H and O–H groups in total. The van der Waals surface area contributed by atoms with Crippen LogP contribution in [0.25, 0.3) is 0 Å². The number of pyridine rings is 1. The van der Waals surface area contributed by atoms with Crippen molar-refractivity contribution in [3.05, 3.63) is 52.7 Å². The highest BCUT2D eigenvalue weighted by Crippen LogP contribution is 2.37. The van der Waals surface area contributed by atoms with Gasteiger partial charge in [-0.25, -0.2) is 4.98 Å². The van der Waals surface area contributed by atoms with Gasteiger partial charge in [-0.15, -0.1) is 11.8 Å². The largest absolute Gasteiger partial charge is 0.378 e. The third-order valence-corrected chi connectivity index (χ3v) is 6.02. The summed E-state index contributed by atoms with van der Waals surface area (Å²) in [5.41, 5.74) is 1.67. The number of carbonyl (C=O) groups excluding carboxylic acids is 1. The number of carbonyl (C=O) groups is 1. The Kier molecular flexibility index (Phi) is 5.33. The van der Waals surface area contributed by atoms with Crippen LogP contribution >= 0.6 is 23.4 Å². The number of fused-ring (bicyclic) bond motifs is 1. The minimum atomic E-state index is -0.103. The molecule has 1 atom stereocenters. The summed E-state index contributed by atoms with van der Waals surface area (Å²) in [6, 6.07) is 9.60. The van der Waals surface area contributed by atoms with Gasteiger partial charge in [0.1, 0.15) is 5.82 Å². The van der Waals surface area contributed by atoms with Crippen molar-refractivity contribution in [1.82, 2.24) is 10.3 Å². The predicted octanol–water partition coefficient (Wildman–Crippen LogP) is 3.54. The van der Waals surface area contributed by atoms with E-state index in [0.29, 0.717) is 23.8 Å².